The molecule has 0 spiro atoms. The molecular formula is C22H21ClN6O3. The van der Waals surface area contributed by atoms with Crippen LogP contribution in [0.5, 0.6) is 11.5 Å². The Balaban J connectivity index is 0.00000289. The Morgan fingerprint density at radius 1 is 1.03 bits per heavy atom. The Bertz CT molecular complexity index is 1330. The largest absolute Gasteiger partial charge is 0.507 e. The van der Waals surface area contributed by atoms with Crippen LogP contribution in [0, 0.1) is 5.41 Å². The Morgan fingerprint density at radius 2 is 1.78 bits per heavy atom. The first kappa shape index (κ1) is 22.4. The molecule has 3 aromatic carbocycles. The summed E-state index contributed by atoms with van der Waals surface area (Å²) in [5.74, 6) is 0.291. The second-order valence-corrected chi connectivity index (χ2v) is 7.00. The van der Waals surface area contributed by atoms with Crippen LogP contribution < -0.4 is 16.8 Å². The molecule has 0 saturated carbocycles. The number of amidine groups is 1. The van der Waals surface area contributed by atoms with Gasteiger partial charge in [0.25, 0.3) is 0 Å². The van der Waals surface area contributed by atoms with Crippen LogP contribution in [-0.2, 0) is 6.54 Å². The number of rotatable bonds is 5. The van der Waals surface area contributed by atoms with E-state index in [1.807, 2.05) is 0 Å². The number of aromatic hydroxyl groups is 2. The number of nitrogens with one attached hydrogen (secondary N) is 3. The van der Waals surface area contributed by atoms with E-state index in [0.29, 0.717) is 44.7 Å². The SMILES string of the molecule is Cl.N=C(N)c1ccc2nc(-c3cccc(-c4cc(CNC(N)=O)ccc4O)c3O)[nH]c2c1. The molecule has 2 amide bonds. The number of para-hydroxylation sites is 1. The Morgan fingerprint density at radius 3 is 2.50 bits per heavy atom. The molecular weight excluding hydrogens is 432 g/mol. The van der Waals surface area contributed by atoms with Crippen molar-refractivity contribution >= 4 is 35.3 Å². The van der Waals surface area contributed by atoms with E-state index >= 15 is 0 Å². The quantitative estimate of drug-likeness (QED) is 0.181. The van der Waals surface area contributed by atoms with Crippen LogP contribution >= 0.6 is 12.4 Å². The first-order valence-corrected chi connectivity index (χ1v) is 9.35. The van der Waals surface area contributed by atoms with E-state index in [9.17, 15) is 15.0 Å². The van der Waals surface area contributed by atoms with Crippen molar-refractivity contribution in [2.45, 2.75) is 6.54 Å². The lowest BCUT2D eigenvalue weighted by Gasteiger charge is -2.12. The third-order valence-electron chi connectivity index (χ3n) is 4.90. The average Bonchev–Trinajstić information content (AvgIpc) is 3.16. The van der Waals surface area contributed by atoms with E-state index < -0.39 is 6.03 Å². The summed E-state index contributed by atoms with van der Waals surface area (Å²) >= 11 is 0. The van der Waals surface area contributed by atoms with E-state index in [4.69, 9.17) is 16.9 Å². The van der Waals surface area contributed by atoms with Crippen LogP contribution in [-0.4, -0.2) is 32.0 Å². The molecule has 4 rings (SSSR count). The van der Waals surface area contributed by atoms with Gasteiger partial charge in [0.05, 0.1) is 16.6 Å². The predicted octanol–water partition coefficient (Wildman–Crippen LogP) is 3.18. The minimum Gasteiger partial charge on any atom is -0.507 e. The minimum absolute atomic E-state index is 0. The monoisotopic (exact) mass is 452 g/mol. The first-order chi connectivity index (χ1) is 14.8. The number of primary amides is 1. The maximum Gasteiger partial charge on any atom is 0.312 e. The Hall–Kier alpha value is -4.24. The van der Waals surface area contributed by atoms with E-state index in [-0.39, 0.29) is 36.3 Å². The van der Waals surface area contributed by atoms with Crippen LogP contribution in [0.25, 0.3) is 33.5 Å². The third-order valence-corrected chi connectivity index (χ3v) is 4.90. The van der Waals surface area contributed by atoms with Gasteiger partial charge in [-0.05, 0) is 42.0 Å². The number of hydrogen-bond donors (Lipinski definition) is 7. The molecule has 0 radical (unpaired) electrons. The lowest BCUT2D eigenvalue weighted by Crippen LogP contribution is -2.28. The Kier molecular flexibility index (Phi) is 6.22. The van der Waals surface area contributed by atoms with Crippen LogP contribution in [0.4, 0.5) is 4.79 Å². The highest BCUT2D eigenvalue weighted by Crippen LogP contribution is 2.41. The molecule has 9 N–H and O–H groups in total. The molecule has 32 heavy (non-hydrogen) atoms. The molecule has 0 aliphatic heterocycles. The number of benzene rings is 3. The lowest BCUT2D eigenvalue weighted by molar-refractivity contribution is 0.248. The van der Waals surface area contributed by atoms with Crippen LogP contribution in [0.2, 0.25) is 0 Å². The highest BCUT2D eigenvalue weighted by molar-refractivity contribution is 5.98. The Labute approximate surface area is 189 Å². The number of amides is 2. The van der Waals surface area contributed by atoms with Gasteiger partial charge in [-0.2, -0.15) is 0 Å². The van der Waals surface area contributed by atoms with Crippen molar-refractivity contribution in [1.29, 1.82) is 5.41 Å². The molecule has 0 aliphatic rings. The highest BCUT2D eigenvalue weighted by Gasteiger charge is 2.17. The normalized spacial score (nSPS) is 10.5. The smallest absolute Gasteiger partial charge is 0.312 e. The number of aromatic amines is 1. The van der Waals surface area contributed by atoms with Gasteiger partial charge in [0.15, 0.2) is 0 Å². The summed E-state index contributed by atoms with van der Waals surface area (Å²) in [4.78, 5) is 18.6. The molecule has 0 bridgehead atoms. The van der Waals surface area contributed by atoms with Crippen molar-refractivity contribution in [3.63, 3.8) is 0 Å². The van der Waals surface area contributed by atoms with Crippen LogP contribution in [0.15, 0.2) is 54.6 Å². The number of phenols is 2. The zero-order valence-corrected chi connectivity index (χ0v) is 17.5. The molecule has 9 nitrogen and oxygen atoms in total. The van der Waals surface area contributed by atoms with Gasteiger partial charge in [0, 0.05) is 23.2 Å². The molecule has 1 aromatic heterocycles. The standard InChI is InChI=1S/C22H20N6O3.ClH/c23-20(24)12-5-6-16-17(9-12)28-21(27-16)14-3-1-2-13(19(14)30)15-8-11(4-7-18(15)29)10-26-22(25)31;/h1-9,29-30H,10H2,(H3,23,24)(H,27,28)(H3,25,26,31);1H. The second kappa shape index (κ2) is 8.86. The number of nitrogen functional groups attached to an aromatic ring is 1. The fourth-order valence-corrected chi connectivity index (χ4v) is 3.35. The fraction of sp³-hybridized carbons (Fsp3) is 0.0455. The number of halogens is 1. The number of nitrogens with zero attached hydrogens (tertiary/aromatic N) is 1. The molecule has 1 heterocycles. The average molecular weight is 453 g/mol. The van der Waals surface area contributed by atoms with Gasteiger partial charge in [-0.15, -0.1) is 12.4 Å². The summed E-state index contributed by atoms with van der Waals surface area (Å²) < 4.78 is 0. The van der Waals surface area contributed by atoms with E-state index in [2.05, 4.69) is 15.3 Å². The number of phenolic OH excluding ortho intramolecular Hbond substituents is 2. The van der Waals surface area contributed by atoms with Crippen LogP contribution in [0.3, 0.4) is 0 Å². The molecule has 0 aliphatic carbocycles. The van der Waals surface area contributed by atoms with Gasteiger partial charge in [-0.1, -0.05) is 18.2 Å². The molecule has 0 saturated heterocycles. The fourth-order valence-electron chi connectivity index (χ4n) is 3.35. The van der Waals surface area contributed by atoms with E-state index in [0.717, 1.165) is 0 Å². The number of imidazole rings is 1. The molecule has 10 heteroatoms. The van der Waals surface area contributed by atoms with Gasteiger partial charge in [-0.25, -0.2) is 9.78 Å². The van der Waals surface area contributed by atoms with Crippen molar-refractivity contribution < 1.29 is 15.0 Å². The summed E-state index contributed by atoms with van der Waals surface area (Å²) in [6.07, 6.45) is 0. The number of nitrogens with two attached hydrogens (primary N) is 2. The topological polar surface area (TPSA) is 174 Å². The van der Waals surface area contributed by atoms with Gasteiger partial charge >= 0.3 is 6.03 Å². The van der Waals surface area contributed by atoms with E-state index in [1.165, 1.54) is 6.07 Å². The zero-order valence-electron chi connectivity index (χ0n) is 16.7. The van der Waals surface area contributed by atoms with Gasteiger partial charge in [0.2, 0.25) is 0 Å². The maximum absolute atomic E-state index is 11.0. The highest BCUT2D eigenvalue weighted by atomic mass is 35.5. The molecule has 4 aromatic rings. The second-order valence-electron chi connectivity index (χ2n) is 7.00. The molecule has 164 valence electrons. The van der Waals surface area contributed by atoms with Crippen LogP contribution in [0.1, 0.15) is 11.1 Å². The first-order valence-electron chi connectivity index (χ1n) is 9.35. The van der Waals surface area contributed by atoms with Crippen molar-refractivity contribution in [3.8, 4) is 34.0 Å². The van der Waals surface area contributed by atoms with E-state index in [1.54, 1.807) is 48.5 Å². The molecule has 0 fully saturated rings. The number of hydrogen-bond acceptors (Lipinski definition) is 5. The summed E-state index contributed by atoms with van der Waals surface area (Å²) in [7, 11) is 0. The van der Waals surface area contributed by atoms with Gasteiger partial charge in [0.1, 0.15) is 23.2 Å². The lowest BCUT2D eigenvalue weighted by atomic mass is 9.98. The summed E-state index contributed by atoms with van der Waals surface area (Å²) in [5.41, 5.74) is 14.5. The van der Waals surface area contributed by atoms with Crippen molar-refractivity contribution in [3.05, 3.63) is 65.7 Å². The van der Waals surface area contributed by atoms with Crippen molar-refractivity contribution in [2.24, 2.45) is 11.5 Å². The minimum atomic E-state index is -0.655. The summed E-state index contributed by atoms with van der Waals surface area (Å²) in [5, 5.41) is 31.4. The molecule has 0 atom stereocenters. The van der Waals surface area contributed by atoms with Gasteiger partial charge < -0.3 is 32.0 Å². The number of carbonyl (C=O) groups excluding carboxylic acids is 1. The number of aromatic nitrogens is 2. The number of urea groups is 1. The zero-order chi connectivity index (χ0) is 22.1. The number of H-pyrrole nitrogens is 1. The van der Waals surface area contributed by atoms with Crippen molar-refractivity contribution in [1.82, 2.24) is 15.3 Å². The third kappa shape index (κ3) is 4.28. The number of carbonyl (C=O) groups is 1. The number of fused-ring (bicyclic) bond motifs is 1. The summed E-state index contributed by atoms with van der Waals surface area (Å²) in [6, 6.07) is 14.4. The maximum atomic E-state index is 11.0. The summed E-state index contributed by atoms with van der Waals surface area (Å²) in [6.45, 7) is 0.186. The van der Waals surface area contributed by atoms with Crippen molar-refractivity contribution in [2.75, 3.05) is 0 Å². The van der Waals surface area contributed by atoms with Gasteiger partial charge in [-0.3, -0.25) is 5.41 Å². The predicted molar refractivity (Wildman–Crippen MR) is 125 cm³/mol. The molecule has 0 unspecified atom stereocenters.